The Balaban J connectivity index is 1.24. The molecule has 2 heterocycles. The number of rotatable bonds is 6. The summed E-state index contributed by atoms with van der Waals surface area (Å²) in [7, 11) is 0. The molecule has 4 rings (SSSR count). The molecule has 3 aromatic rings. The third-order valence-electron chi connectivity index (χ3n) is 4.07. The molecule has 9 heteroatoms. The second-order valence-corrected chi connectivity index (χ2v) is 7.06. The summed E-state index contributed by atoms with van der Waals surface area (Å²) >= 11 is 1.31. The fraction of sp³-hybridized carbons (Fsp3) is 0.150. The summed E-state index contributed by atoms with van der Waals surface area (Å²) in [5.41, 5.74) is 2.09. The van der Waals surface area contributed by atoms with Crippen LogP contribution in [0.3, 0.4) is 0 Å². The van der Waals surface area contributed by atoms with Crippen LogP contribution in [-0.2, 0) is 11.2 Å². The van der Waals surface area contributed by atoms with Crippen LogP contribution in [0.25, 0.3) is 0 Å². The van der Waals surface area contributed by atoms with E-state index in [-0.39, 0.29) is 25.2 Å². The lowest BCUT2D eigenvalue weighted by Gasteiger charge is -2.06. The van der Waals surface area contributed by atoms with Gasteiger partial charge < -0.3 is 20.1 Å². The standard InChI is InChI=1S/C20H18N4O4S/c25-18(21-14-6-8-16-17(10-14)28-12-27-16)9-7-15-11-29-20(23-15)24-19(26)22-13-4-2-1-3-5-13/h1-6,8,10-11H,7,9,12H2,(H,21,25)(H2,22,23,24,26). The van der Waals surface area contributed by atoms with Gasteiger partial charge in [0.1, 0.15) is 0 Å². The molecule has 0 spiro atoms. The van der Waals surface area contributed by atoms with Crippen LogP contribution in [0.2, 0.25) is 0 Å². The summed E-state index contributed by atoms with van der Waals surface area (Å²) in [6.45, 7) is 0.191. The van der Waals surface area contributed by atoms with Crippen LogP contribution < -0.4 is 25.4 Å². The van der Waals surface area contributed by atoms with E-state index < -0.39 is 0 Å². The zero-order valence-corrected chi connectivity index (χ0v) is 16.1. The van der Waals surface area contributed by atoms with Gasteiger partial charge in [-0.15, -0.1) is 11.3 Å². The van der Waals surface area contributed by atoms with Crippen LogP contribution in [-0.4, -0.2) is 23.7 Å². The van der Waals surface area contributed by atoms with Gasteiger partial charge in [-0.05, 0) is 30.7 Å². The maximum atomic E-state index is 12.2. The van der Waals surface area contributed by atoms with Gasteiger partial charge in [-0.25, -0.2) is 9.78 Å². The fourth-order valence-electron chi connectivity index (χ4n) is 2.70. The number of carbonyl (C=O) groups is 2. The van der Waals surface area contributed by atoms with Gasteiger partial charge in [0.05, 0.1) is 5.69 Å². The molecule has 0 radical (unpaired) electrons. The highest BCUT2D eigenvalue weighted by Crippen LogP contribution is 2.34. The third-order valence-corrected chi connectivity index (χ3v) is 4.87. The first-order valence-corrected chi connectivity index (χ1v) is 9.81. The molecule has 0 saturated heterocycles. The number of nitrogens with zero attached hydrogens (tertiary/aromatic N) is 1. The molecular formula is C20H18N4O4S. The number of ether oxygens (including phenoxy) is 2. The minimum Gasteiger partial charge on any atom is -0.454 e. The minimum atomic E-state index is -0.363. The molecule has 148 valence electrons. The molecule has 0 unspecified atom stereocenters. The summed E-state index contributed by atoms with van der Waals surface area (Å²) in [6.07, 6.45) is 0.739. The molecule has 0 atom stereocenters. The molecule has 0 bridgehead atoms. The molecule has 1 aromatic heterocycles. The SMILES string of the molecule is O=C(CCc1csc(NC(=O)Nc2ccccc2)n1)Nc1ccc2c(c1)OCO2. The fourth-order valence-corrected chi connectivity index (χ4v) is 3.44. The van der Waals surface area contributed by atoms with Crippen molar-refractivity contribution in [3.8, 4) is 11.5 Å². The lowest BCUT2D eigenvalue weighted by molar-refractivity contribution is -0.116. The van der Waals surface area contributed by atoms with E-state index in [0.29, 0.717) is 34.4 Å². The Kier molecular flexibility index (Phi) is 5.57. The first-order chi connectivity index (χ1) is 14.2. The highest BCUT2D eigenvalue weighted by atomic mass is 32.1. The molecule has 1 aliphatic heterocycles. The molecular weight excluding hydrogens is 392 g/mol. The van der Waals surface area contributed by atoms with Crippen LogP contribution in [0.4, 0.5) is 21.3 Å². The average molecular weight is 410 g/mol. The maximum absolute atomic E-state index is 12.2. The van der Waals surface area contributed by atoms with Crippen molar-refractivity contribution < 1.29 is 19.1 Å². The molecule has 0 saturated carbocycles. The second-order valence-electron chi connectivity index (χ2n) is 6.21. The van der Waals surface area contributed by atoms with Gasteiger partial charge in [-0.1, -0.05) is 18.2 Å². The van der Waals surface area contributed by atoms with Crippen molar-refractivity contribution in [3.05, 3.63) is 59.6 Å². The molecule has 2 aromatic carbocycles. The number of anilines is 3. The van der Waals surface area contributed by atoms with Crippen LogP contribution in [0.5, 0.6) is 11.5 Å². The average Bonchev–Trinajstić information content (AvgIpc) is 3.36. The van der Waals surface area contributed by atoms with Crippen LogP contribution in [0.1, 0.15) is 12.1 Å². The predicted molar refractivity (Wildman–Crippen MR) is 111 cm³/mol. The zero-order chi connectivity index (χ0) is 20.1. The number of aryl methyl sites for hydroxylation is 1. The van der Waals surface area contributed by atoms with Crippen molar-refractivity contribution in [2.24, 2.45) is 0 Å². The molecule has 3 N–H and O–H groups in total. The number of amides is 3. The second kappa shape index (κ2) is 8.61. The van der Waals surface area contributed by atoms with Crippen molar-refractivity contribution in [2.45, 2.75) is 12.8 Å². The van der Waals surface area contributed by atoms with Gasteiger partial charge in [-0.3, -0.25) is 10.1 Å². The number of urea groups is 1. The van der Waals surface area contributed by atoms with Crippen molar-refractivity contribution >= 4 is 39.8 Å². The Hall–Kier alpha value is -3.59. The van der Waals surface area contributed by atoms with Gasteiger partial charge in [0.15, 0.2) is 16.6 Å². The van der Waals surface area contributed by atoms with E-state index in [1.807, 2.05) is 23.6 Å². The Morgan fingerprint density at radius 3 is 2.66 bits per heavy atom. The van der Waals surface area contributed by atoms with E-state index in [1.54, 1.807) is 30.3 Å². The summed E-state index contributed by atoms with van der Waals surface area (Å²) < 4.78 is 10.6. The van der Waals surface area contributed by atoms with Gasteiger partial charge in [0.2, 0.25) is 12.7 Å². The van der Waals surface area contributed by atoms with Crippen molar-refractivity contribution in [1.29, 1.82) is 0 Å². The van der Waals surface area contributed by atoms with Gasteiger partial charge in [0.25, 0.3) is 0 Å². The summed E-state index contributed by atoms with van der Waals surface area (Å²) in [4.78, 5) is 28.5. The largest absolute Gasteiger partial charge is 0.454 e. The van der Waals surface area contributed by atoms with E-state index >= 15 is 0 Å². The lowest BCUT2D eigenvalue weighted by atomic mass is 10.2. The molecule has 8 nitrogen and oxygen atoms in total. The van der Waals surface area contributed by atoms with Crippen LogP contribution in [0, 0.1) is 0 Å². The van der Waals surface area contributed by atoms with E-state index in [0.717, 1.165) is 5.69 Å². The highest BCUT2D eigenvalue weighted by Gasteiger charge is 2.14. The topological polar surface area (TPSA) is 102 Å². The Morgan fingerprint density at radius 2 is 1.79 bits per heavy atom. The van der Waals surface area contributed by atoms with Crippen molar-refractivity contribution in [2.75, 3.05) is 22.7 Å². The lowest BCUT2D eigenvalue weighted by Crippen LogP contribution is -2.19. The normalized spacial score (nSPS) is 11.7. The number of thiazole rings is 1. The molecule has 29 heavy (non-hydrogen) atoms. The number of hydrogen-bond acceptors (Lipinski definition) is 6. The monoisotopic (exact) mass is 410 g/mol. The number of benzene rings is 2. The maximum Gasteiger partial charge on any atom is 0.325 e. The van der Waals surface area contributed by atoms with Crippen molar-refractivity contribution in [3.63, 3.8) is 0 Å². The third kappa shape index (κ3) is 5.02. The number of aromatic nitrogens is 1. The van der Waals surface area contributed by atoms with E-state index in [9.17, 15) is 9.59 Å². The number of carbonyl (C=O) groups excluding carboxylic acids is 2. The zero-order valence-electron chi connectivity index (χ0n) is 15.3. The number of nitrogens with one attached hydrogen (secondary N) is 3. The molecule has 0 aliphatic carbocycles. The summed E-state index contributed by atoms with van der Waals surface area (Å²) in [5.74, 6) is 1.15. The smallest absolute Gasteiger partial charge is 0.325 e. The number of fused-ring (bicyclic) bond motifs is 1. The van der Waals surface area contributed by atoms with Crippen LogP contribution >= 0.6 is 11.3 Å². The molecule has 3 amide bonds. The van der Waals surface area contributed by atoms with Crippen molar-refractivity contribution in [1.82, 2.24) is 4.98 Å². The van der Waals surface area contributed by atoms with E-state index in [2.05, 4.69) is 20.9 Å². The Labute approximate surface area is 170 Å². The quantitative estimate of drug-likeness (QED) is 0.568. The van der Waals surface area contributed by atoms with Crippen LogP contribution in [0.15, 0.2) is 53.9 Å². The number of para-hydroxylation sites is 1. The van der Waals surface area contributed by atoms with Gasteiger partial charge in [0, 0.05) is 29.2 Å². The van der Waals surface area contributed by atoms with Gasteiger partial charge in [-0.2, -0.15) is 0 Å². The van der Waals surface area contributed by atoms with E-state index in [1.165, 1.54) is 11.3 Å². The molecule has 1 aliphatic rings. The predicted octanol–water partition coefficient (Wildman–Crippen LogP) is 4.09. The molecule has 0 fully saturated rings. The summed E-state index contributed by atoms with van der Waals surface area (Å²) in [5, 5.41) is 10.6. The van der Waals surface area contributed by atoms with E-state index in [4.69, 9.17) is 9.47 Å². The highest BCUT2D eigenvalue weighted by molar-refractivity contribution is 7.13. The van der Waals surface area contributed by atoms with Gasteiger partial charge >= 0.3 is 6.03 Å². The minimum absolute atomic E-state index is 0.131. The Bertz CT molecular complexity index is 1020. The first-order valence-electron chi connectivity index (χ1n) is 8.93. The Morgan fingerprint density at radius 1 is 0.966 bits per heavy atom. The summed E-state index contributed by atoms with van der Waals surface area (Å²) in [6, 6.07) is 14.0. The number of hydrogen-bond donors (Lipinski definition) is 3. The first kappa shape index (κ1) is 18.8.